The molecule has 0 unspecified atom stereocenters. The molecule has 0 spiro atoms. The molecular weight excluding hydrogens is 252 g/mol. The van der Waals surface area contributed by atoms with Gasteiger partial charge in [-0.2, -0.15) is 0 Å². The molecule has 0 heterocycles. The normalized spacial score (nSPS) is 11.4. The lowest BCUT2D eigenvalue weighted by atomic mass is 10.1. The lowest BCUT2D eigenvalue weighted by molar-refractivity contribution is 0.0297. The monoisotopic (exact) mass is 286 g/mol. The van der Waals surface area contributed by atoms with Crippen molar-refractivity contribution in [2.45, 2.75) is 71.8 Å². The van der Waals surface area contributed by atoms with Crippen LogP contribution in [0.5, 0.6) is 0 Å². The van der Waals surface area contributed by atoms with Gasteiger partial charge in [-0.25, -0.2) is 4.79 Å². The molecule has 0 rings (SSSR count). The van der Waals surface area contributed by atoms with Gasteiger partial charge in [0.15, 0.2) is 0 Å². The van der Waals surface area contributed by atoms with Crippen LogP contribution in [-0.2, 0) is 4.74 Å². The first-order valence-corrected chi connectivity index (χ1v) is 8.01. The molecule has 20 heavy (non-hydrogen) atoms. The Morgan fingerprint density at radius 2 is 1.65 bits per heavy atom. The molecule has 0 aliphatic heterocycles. The Labute approximate surface area is 125 Å². The summed E-state index contributed by atoms with van der Waals surface area (Å²) in [5, 5.41) is 3.43. The zero-order chi connectivity index (χ0) is 15.4. The summed E-state index contributed by atoms with van der Waals surface area (Å²) >= 11 is 0. The third-order valence-electron chi connectivity index (χ3n) is 3.01. The number of unbranched alkanes of at least 4 members (excludes halogenated alkanes) is 4. The minimum atomic E-state index is -0.415. The molecule has 1 amide bonds. The Morgan fingerprint density at radius 1 is 1.05 bits per heavy atom. The van der Waals surface area contributed by atoms with Crippen molar-refractivity contribution in [3.63, 3.8) is 0 Å². The number of hydrogen-bond donors (Lipinski definition) is 1. The van der Waals surface area contributed by atoms with E-state index in [1.54, 1.807) is 11.9 Å². The Morgan fingerprint density at radius 3 is 2.25 bits per heavy atom. The van der Waals surface area contributed by atoms with Crippen LogP contribution in [0.1, 0.15) is 66.2 Å². The number of nitrogens with zero attached hydrogens (tertiary/aromatic N) is 1. The molecule has 0 aromatic carbocycles. The second kappa shape index (κ2) is 11.0. The summed E-state index contributed by atoms with van der Waals surface area (Å²) in [4.78, 5) is 13.4. The van der Waals surface area contributed by atoms with Gasteiger partial charge in [-0.1, -0.05) is 32.6 Å². The zero-order valence-electron chi connectivity index (χ0n) is 14.1. The fraction of sp³-hybridized carbons (Fsp3) is 0.938. The summed E-state index contributed by atoms with van der Waals surface area (Å²) in [6.45, 7) is 10.7. The van der Waals surface area contributed by atoms with Crippen LogP contribution in [0.15, 0.2) is 0 Å². The fourth-order valence-electron chi connectivity index (χ4n) is 1.85. The van der Waals surface area contributed by atoms with E-state index < -0.39 is 5.60 Å². The second-order valence-corrected chi connectivity index (χ2v) is 6.42. The summed E-state index contributed by atoms with van der Waals surface area (Å²) in [7, 11) is 1.79. The van der Waals surface area contributed by atoms with Crippen LogP contribution in [-0.4, -0.2) is 43.3 Å². The number of nitrogens with one attached hydrogen (secondary N) is 1. The van der Waals surface area contributed by atoms with Crippen molar-refractivity contribution in [2.75, 3.05) is 26.7 Å². The average molecular weight is 286 g/mol. The number of hydrogen-bond acceptors (Lipinski definition) is 3. The number of ether oxygens (including phenoxy) is 1. The molecule has 120 valence electrons. The van der Waals surface area contributed by atoms with Gasteiger partial charge in [0.2, 0.25) is 0 Å². The minimum Gasteiger partial charge on any atom is -0.444 e. The summed E-state index contributed by atoms with van der Waals surface area (Å²) in [6, 6.07) is 0. The van der Waals surface area contributed by atoms with Gasteiger partial charge in [0, 0.05) is 13.6 Å². The van der Waals surface area contributed by atoms with E-state index in [0.717, 1.165) is 26.1 Å². The fourth-order valence-corrected chi connectivity index (χ4v) is 1.85. The van der Waals surface area contributed by atoms with E-state index >= 15 is 0 Å². The van der Waals surface area contributed by atoms with E-state index in [1.165, 1.54) is 32.1 Å². The van der Waals surface area contributed by atoms with Gasteiger partial charge in [-0.3, -0.25) is 0 Å². The molecule has 0 aromatic heterocycles. The van der Waals surface area contributed by atoms with Gasteiger partial charge >= 0.3 is 6.09 Å². The van der Waals surface area contributed by atoms with Gasteiger partial charge in [0.05, 0.1) is 0 Å². The summed E-state index contributed by atoms with van der Waals surface area (Å²) < 4.78 is 5.30. The lowest BCUT2D eigenvalue weighted by Crippen LogP contribution is -2.35. The minimum absolute atomic E-state index is 0.239. The summed E-state index contributed by atoms with van der Waals surface area (Å²) in [6.07, 6.45) is 7.28. The van der Waals surface area contributed by atoms with Crippen molar-refractivity contribution >= 4 is 6.09 Å². The van der Waals surface area contributed by atoms with Crippen LogP contribution < -0.4 is 5.32 Å². The third-order valence-corrected chi connectivity index (χ3v) is 3.01. The van der Waals surface area contributed by atoms with E-state index in [-0.39, 0.29) is 6.09 Å². The summed E-state index contributed by atoms with van der Waals surface area (Å²) in [5.74, 6) is 0. The van der Waals surface area contributed by atoms with Gasteiger partial charge in [-0.15, -0.1) is 0 Å². The van der Waals surface area contributed by atoms with Crippen molar-refractivity contribution in [3.05, 3.63) is 0 Å². The quantitative estimate of drug-likeness (QED) is 0.621. The van der Waals surface area contributed by atoms with E-state index in [1.807, 2.05) is 20.8 Å². The second-order valence-electron chi connectivity index (χ2n) is 6.42. The molecule has 4 nitrogen and oxygen atoms in total. The highest BCUT2D eigenvalue weighted by atomic mass is 16.6. The van der Waals surface area contributed by atoms with Crippen molar-refractivity contribution in [3.8, 4) is 0 Å². The molecule has 0 radical (unpaired) electrons. The molecular formula is C16H34N2O2. The van der Waals surface area contributed by atoms with Crippen LogP contribution in [0.2, 0.25) is 0 Å². The molecule has 4 heteroatoms. The number of amides is 1. The highest BCUT2D eigenvalue weighted by Crippen LogP contribution is 2.09. The third kappa shape index (κ3) is 12.3. The largest absolute Gasteiger partial charge is 0.444 e. The molecule has 0 saturated heterocycles. The Kier molecular flexibility index (Phi) is 10.5. The van der Waals surface area contributed by atoms with Crippen molar-refractivity contribution in [1.29, 1.82) is 0 Å². The standard InChI is InChI=1S/C16H34N2O2/c1-6-7-8-9-10-12-17-13-11-14-18(5)15(19)20-16(2,3)4/h17H,6-14H2,1-5H3. The maximum atomic E-state index is 11.7. The van der Waals surface area contributed by atoms with E-state index in [4.69, 9.17) is 4.74 Å². The highest BCUT2D eigenvalue weighted by molar-refractivity contribution is 5.67. The number of rotatable bonds is 10. The molecule has 1 N–H and O–H groups in total. The first-order valence-electron chi connectivity index (χ1n) is 8.01. The molecule has 0 fully saturated rings. The lowest BCUT2D eigenvalue weighted by Gasteiger charge is -2.24. The molecule has 0 saturated carbocycles. The van der Waals surface area contributed by atoms with Crippen LogP contribution in [0, 0.1) is 0 Å². The maximum absolute atomic E-state index is 11.7. The van der Waals surface area contributed by atoms with Crippen LogP contribution in [0.4, 0.5) is 4.79 Å². The Bertz CT molecular complexity index is 249. The number of carbonyl (C=O) groups excluding carboxylic acids is 1. The topological polar surface area (TPSA) is 41.6 Å². The SMILES string of the molecule is CCCCCCCNCCCN(C)C(=O)OC(C)(C)C. The average Bonchev–Trinajstić information content (AvgIpc) is 2.34. The van der Waals surface area contributed by atoms with E-state index in [0.29, 0.717) is 0 Å². The van der Waals surface area contributed by atoms with Gasteiger partial charge in [-0.05, 0) is 46.7 Å². The number of carbonyl (C=O) groups is 1. The van der Waals surface area contributed by atoms with Crippen LogP contribution >= 0.6 is 0 Å². The predicted molar refractivity (Wildman–Crippen MR) is 85.1 cm³/mol. The maximum Gasteiger partial charge on any atom is 0.410 e. The zero-order valence-corrected chi connectivity index (χ0v) is 14.1. The van der Waals surface area contributed by atoms with Crippen LogP contribution in [0.3, 0.4) is 0 Å². The first-order chi connectivity index (χ1) is 9.37. The van der Waals surface area contributed by atoms with E-state index in [9.17, 15) is 4.79 Å². The first kappa shape index (κ1) is 19.2. The van der Waals surface area contributed by atoms with Gasteiger partial charge < -0.3 is 15.0 Å². The highest BCUT2D eigenvalue weighted by Gasteiger charge is 2.18. The molecule has 0 atom stereocenters. The Hall–Kier alpha value is -0.770. The van der Waals surface area contributed by atoms with Crippen molar-refractivity contribution < 1.29 is 9.53 Å². The summed E-state index contributed by atoms with van der Waals surface area (Å²) in [5.41, 5.74) is -0.415. The van der Waals surface area contributed by atoms with Crippen LogP contribution in [0.25, 0.3) is 0 Å². The van der Waals surface area contributed by atoms with Gasteiger partial charge in [0.25, 0.3) is 0 Å². The van der Waals surface area contributed by atoms with E-state index in [2.05, 4.69) is 12.2 Å². The molecule has 0 bridgehead atoms. The van der Waals surface area contributed by atoms with Gasteiger partial charge in [0.1, 0.15) is 5.60 Å². The van der Waals surface area contributed by atoms with Crippen molar-refractivity contribution in [1.82, 2.24) is 10.2 Å². The van der Waals surface area contributed by atoms with Crippen molar-refractivity contribution in [2.24, 2.45) is 0 Å². The molecule has 0 aliphatic carbocycles. The molecule has 0 aliphatic rings. The molecule has 0 aromatic rings. The predicted octanol–water partition coefficient (Wildman–Crippen LogP) is 3.80. The smallest absolute Gasteiger partial charge is 0.410 e. The Balaban J connectivity index is 3.44.